The first-order chi connectivity index (χ1) is 8.60. The monoisotopic (exact) mass is 270 g/mol. The highest BCUT2D eigenvalue weighted by atomic mass is 35.5. The summed E-state index contributed by atoms with van der Waals surface area (Å²) in [6.07, 6.45) is 4.12. The van der Waals surface area contributed by atoms with E-state index in [-0.39, 0.29) is 6.42 Å². The Morgan fingerprint density at radius 2 is 2.11 bits per heavy atom. The molecular weight excluding hydrogens is 256 g/mol. The van der Waals surface area contributed by atoms with Crippen molar-refractivity contribution in [2.75, 3.05) is 14.2 Å². The van der Waals surface area contributed by atoms with E-state index >= 15 is 0 Å². The Morgan fingerprint density at radius 1 is 1.39 bits per heavy atom. The molecule has 0 bridgehead atoms. The average Bonchev–Trinajstić information content (AvgIpc) is 2.34. The van der Waals surface area contributed by atoms with Gasteiger partial charge in [0.05, 0.1) is 14.2 Å². The zero-order valence-electron chi connectivity index (χ0n) is 10.3. The molecule has 0 unspecified atom stereocenters. The molecule has 1 N–H and O–H groups in total. The van der Waals surface area contributed by atoms with E-state index in [2.05, 4.69) is 0 Å². The minimum atomic E-state index is -0.820. The van der Waals surface area contributed by atoms with Crippen molar-refractivity contribution in [1.29, 1.82) is 0 Å². The van der Waals surface area contributed by atoms with E-state index in [1.165, 1.54) is 14.2 Å². The number of benzene rings is 1. The van der Waals surface area contributed by atoms with Gasteiger partial charge in [0.2, 0.25) is 0 Å². The lowest BCUT2D eigenvalue weighted by molar-refractivity contribution is -0.136. The fourth-order valence-corrected chi connectivity index (χ4v) is 1.79. The first kappa shape index (κ1) is 14.4. The Hall–Kier alpha value is -1.68. The summed E-state index contributed by atoms with van der Waals surface area (Å²) in [5.41, 5.74) is 0.786. The van der Waals surface area contributed by atoms with Crippen LogP contribution in [-0.2, 0) is 4.79 Å². The molecule has 0 spiro atoms. The van der Waals surface area contributed by atoms with Gasteiger partial charge in [0, 0.05) is 12.0 Å². The van der Waals surface area contributed by atoms with Gasteiger partial charge in [-0.25, -0.2) is 0 Å². The second-order valence-electron chi connectivity index (χ2n) is 3.54. The Kier molecular flexibility index (Phi) is 5.52. The summed E-state index contributed by atoms with van der Waals surface area (Å²) in [5, 5.41) is 8.93. The maximum Gasteiger partial charge on any atom is 0.303 e. The lowest BCUT2D eigenvalue weighted by atomic mass is 10.1. The van der Waals surface area contributed by atoms with E-state index in [4.69, 9.17) is 26.2 Å². The molecule has 0 aliphatic rings. The molecule has 0 aromatic heterocycles. The number of carbonyl (C=O) groups is 1. The van der Waals surface area contributed by atoms with Crippen molar-refractivity contribution in [3.05, 3.63) is 28.8 Å². The number of halogens is 1. The normalized spacial score (nSPS) is 10.6. The fraction of sp³-hybridized carbons (Fsp3) is 0.308. The van der Waals surface area contributed by atoms with Gasteiger partial charge in [-0.1, -0.05) is 23.8 Å². The number of rotatable bonds is 6. The van der Waals surface area contributed by atoms with Gasteiger partial charge in [-0.2, -0.15) is 0 Å². The van der Waals surface area contributed by atoms with Crippen molar-refractivity contribution < 1.29 is 19.4 Å². The summed E-state index contributed by atoms with van der Waals surface area (Å²) in [5.74, 6) is 0.234. The third-order valence-electron chi connectivity index (χ3n) is 2.34. The number of hydrogen-bond donors (Lipinski definition) is 1. The zero-order valence-corrected chi connectivity index (χ0v) is 11.0. The van der Waals surface area contributed by atoms with Crippen molar-refractivity contribution in [2.45, 2.75) is 12.8 Å². The van der Waals surface area contributed by atoms with Gasteiger partial charge in [-0.05, 0) is 18.6 Å². The van der Waals surface area contributed by atoms with Gasteiger partial charge in [0.1, 0.15) is 16.5 Å². The number of ether oxygens (including phenoxy) is 2. The van der Waals surface area contributed by atoms with Crippen molar-refractivity contribution in [2.24, 2.45) is 0 Å². The number of carboxylic acids is 1. The first-order valence-corrected chi connectivity index (χ1v) is 5.76. The highest BCUT2D eigenvalue weighted by Crippen LogP contribution is 2.37. The average molecular weight is 271 g/mol. The van der Waals surface area contributed by atoms with Gasteiger partial charge in [0.15, 0.2) is 0 Å². The number of aliphatic carboxylic acids is 1. The van der Waals surface area contributed by atoms with E-state index in [1.807, 2.05) is 0 Å². The molecule has 0 fully saturated rings. The van der Waals surface area contributed by atoms with E-state index in [0.717, 1.165) is 5.56 Å². The molecular formula is C13H15ClO4. The van der Waals surface area contributed by atoms with Gasteiger partial charge in [-0.15, -0.1) is 0 Å². The molecule has 0 heterocycles. The van der Waals surface area contributed by atoms with Crippen LogP contribution < -0.4 is 9.47 Å². The van der Waals surface area contributed by atoms with E-state index in [9.17, 15) is 4.79 Å². The third kappa shape index (κ3) is 3.67. The molecule has 98 valence electrons. The van der Waals surface area contributed by atoms with Crippen LogP contribution in [0.15, 0.2) is 18.2 Å². The van der Waals surface area contributed by atoms with Crippen LogP contribution in [-0.4, -0.2) is 25.3 Å². The molecule has 0 radical (unpaired) electrons. The molecule has 0 amide bonds. The molecule has 0 atom stereocenters. The summed E-state index contributed by atoms with van der Waals surface area (Å²) >= 11 is 6.10. The molecule has 1 aromatic carbocycles. The topological polar surface area (TPSA) is 55.8 Å². The first-order valence-electron chi connectivity index (χ1n) is 5.39. The highest BCUT2D eigenvalue weighted by molar-refractivity contribution is 6.33. The minimum Gasteiger partial charge on any atom is -0.495 e. The predicted molar refractivity (Wildman–Crippen MR) is 70.5 cm³/mol. The summed E-state index contributed by atoms with van der Waals surface area (Å²) in [6.45, 7) is 0. The predicted octanol–water partition coefficient (Wildman–Crippen LogP) is 3.24. The number of methoxy groups -OCH3 is 2. The van der Waals surface area contributed by atoms with Crippen LogP contribution in [0.25, 0.3) is 6.08 Å². The number of allylic oxidation sites excluding steroid dienone is 1. The van der Waals surface area contributed by atoms with Crippen LogP contribution >= 0.6 is 11.6 Å². The quantitative estimate of drug-likeness (QED) is 0.862. The Bertz CT molecular complexity index is 455. The molecule has 1 rings (SSSR count). The summed E-state index contributed by atoms with van der Waals surface area (Å²) in [7, 11) is 3.05. The van der Waals surface area contributed by atoms with Crippen molar-refractivity contribution in [3.8, 4) is 11.5 Å². The fourth-order valence-electron chi connectivity index (χ4n) is 1.47. The Balaban J connectivity index is 2.89. The highest BCUT2D eigenvalue weighted by Gasteiger charge is 2.10. The molecule has 0 aliphatic carbocycles. The van der Waals surface area contributed by atoms with Crippen LogP contribution in [0.2, 0.25) is 5.02 Å². The summed E-state index contributed by atoms with van der Waals surface area (Å²) in [4.78, 5) is 10.4. The second kappa shape index (κ2) is 6.91. The van der Waals surface area contributed by atoms with Crippen LogP contribution in [0.4, 0.5) is 0 Å². The lowest BCUT2D eigenvalue weighted by Crippen LogP contribution is -1.93. The van der Waals surface area contributed by atoms with E-state index < -0.39 is 5.97 Å². The molecule has 1 aromatic rings. The van der Waals surface area contributed by atoms with E-state index in [0.29, 0.717) is 22.9 Å². The second-order valence-corrected chi connectivity index (χ2v) is 3.92. The maximum atomic E-state index is 10.4. The molecule has 4 nitrogen and oxygen atoms in total. The smallest absolute Gasteiger partial charge is 0.303 e. The maximum absolute atomic E-state index is 10.4. The number of carboxylic acid groups (broad SMARTS) is 1. The van der Waals surface area contributed by atoms with Gasteiger partial charge in [-0.3, -0.25) is 4.79 Å². The van der Waals surface area contributed by atoms with Gasteiger partial charge in [0.25, 0.3) is 0 Å². The third-order valence-corrected chi connectivity index (χ3v) is 2.70. The standard InChI is InChI=1S/C13H15ClO4/c1-17-10-8-7-9(13(18-2)12(10)14)5-3-4-6-11(15)16/h3,5,7-8H,4,6H2,1-2H3,(H,15,16)/b5-3+. The zero-order chi connectivity index (χ0) is 13.5. The van der Waals surface area contributed by atoms with Crippen LogP contribution in [0.5, 0.6) is 11.5 Å². The van der Waals surface area contributed by atoms with Crippen LogP contribution in [0.1, 0.15) is 18.4 Å². The van der Waals surface area contributed by atoms with Crippen LogP contribution in [0.3, 0.4) is 0 Å². The van der Waals surface area contributed by atoms with Gasteiger partial charge >= 0.3 is 5.97 Å². The lowest BCUT2D eigenvalue weighted by Gasteiger charge is -2.10. The van der Waals surface area contributed by atoms with Crippen molar-refractivity contribution >= 4 is 23.6 Å². The molecule has 5 heteroatoms. The molecule has 0 saturated carbocycles. The Labute approximate surface area is 111 Å². The molecule has 0 saturated heterocycles. The van der Waals surface area contributed by atoms with E-state index in [1.54, 1.807) is 24.3 Å². The number of hydrogen-bond acceptors (Lipinski definition) is 3. The Morgan fingerprint density at radius 3 is 2.67 bits per heavy atom. The summed E-state index contributed by atoms with van der Waals surface area (Å²) in [6, 6.07) is 3.54. The molecule has 0 aliphatic heterocycles. The molecule has 18 heavy (non-hydrogen) atoms. The van der Waals surface area contributed by atoms with Gasteiger partial charge < -0.3 is 14.6 Å². The SMILES string of the molecule is COc1ccc(/C=C/CCC(=O)O)c(OC)c1Cl. The summed E-state index contributed by atoms with van der Waals surface area (Å²) < 4.78 is 10.3. The van der Waals surface area contributed by atoms with Crippen molar-refractivity contribution in [1.82, 2.24) is 0 Å². The largest absolute Gasteiger partial charge is 0.495 e. The minimum absolute atomic E-state index is 0.0999. The van der Waals surface area contributed by atoms with Crippen molar-refractivity contribution in [3.63, 3.8) is 0 Å². The van der Waals surface area contributed by atoms with Crippen LogP contribution in [0, 0.1) is 0 Å².